The van der Waals surface area contributed by atoms with Crippen LogP contribution in [0.25, 0.3) is 0 Å². The number of nitrogens with one attached hydrogen (secondary N) is 2. The van der Waals surface area contributed by atoms with Crippen LogP contribution in [0.3, 0.4) is 0 Å². The first-order chi connectivity index (χ1) is 10.9. The summed E-state index contributed by atoms with van der Waals surface area (Å²) in [5.74, 6) is -0.389. The molecule has 132 valence electrons. The first kappa shape index (κ1) is 18.9. The fourth-order valence-electron chi connectivity index (χ4n) is 2.95. The lowest BCUT2D eigenvalue weighted by molar-refractivity contribution is 0.0693. The molecule has 2 aliphatic heterocycles. The Morgan fingerprint density at radius 3 is 2.62 bits per heavy atom. The van der Waals surface area contributed by atoms with E-state index in [0.717, 1.165) is 30.8 Å². The van der Waals surface area contributed by atoms with Gasteiger partial charge in [0.25, 0.3) is 11.8 Å². The standard InChI is InChI=1S/C15H19N3O4S.ClH/c1-18-14(19)12-3-2-11(8-13(12)15(18)20)23(21,22)17-7-5-10-4-6-16-9-10;/h2-3,8,10,16-17H,4-7,9H2,1H3;1H. The number of halogens is 1. The molecule has 1 atom stereocenters. The number of carbonyl (C=O) groups is 2. The zero-order chi connectivity index (χ0) is 16.6. The molecule has 3 rings (SSSR count). The molecule has 0 aliphatic carbocycles. The Kier molecular flexibility index (Phi) is 5.64. The first-order valence-electron chi connectivity index (χ1n) is 7.57. The molecule has 24 heavy (non-hydrogen) atoms. The normalized spacial score (nSPS) is 20.2. The van der Waals surface area contributed by atoms with Gasteiger partial charge in [-0.3, -0.25) is 14.5 Å². The van der Waals surface area contributed by atoms with Crippen molar-refractivity contribution in [3.8, 4) is 0 Å². The zero-order valence-electron chi connectivity index (χ0n) is 13.2. The van der Waals surface area contributed by atoms with Crippen LogP contribution in [0, 0.1) is 5.92 Å². The number of carbonyl (C=O) groups excluding carboxylic acids is 2. The Labute approximate surface area is 147 Å². The minimum absolute atomic E-state index is 0. The van der Waals surface area contributed by atoms with Gasteiger partial charge in [-0.25, -0.2) is 13.1 Å². The lowest BCUT2D eigenvalue weighted by Crippen LogP contribution is -2.27. The van der Waals surface area contributed by atoms with Gasteiger partial charge in [-0.2, -0.15) is 0 Å². The molecular formula is C15H20ClN3O4S. The van der Waals surface area contributed by atoms with Crippen LogP contribution in [-0.4, -0.2) is 51.8 Å². The minimum atomic E-state index is -3.68. The van der Waals surface area contributed by atoms with Gasteiger partial charge < -0.3 is 5.32 Å². The van der Waals surface area contributed by atoms with E-state index in [-0.39, 0.29) is 28.4 Å². The summed E-state index contributed by atoms with van der Waals surface area (Å²) in [6, 6.07) is 4.04. The highest BCUT2D eigenvalue weighted by Gasteiger charge is 2.33. The highest BCUT2D eigenvalue weighted by molar-refractivity contribution is 7.89. The second-order valence-corrected chi connectivity index (χ2v) is 7.69. The van der Waals surface area contributed by atoms with Gasteiger partial charge in [-0.15, -0.1) is 12.4 Å². The fraction of sp³-hybridized carbons (Fsp3) is 0.467. The van der Waals surface area contributed by atoms with Gasteiger partial charge in [0.1, 0.15) is 0 Å². The van der Waals surface area contributed by atoms with E-state index >= 15 is 0 Å². The van der Waals surface area contributed by atoms with Gasteiger partial charge in [0, 0.05) is 13.6 Å². The Bertz CT molecular complexity index is 760. The third-order valence-electron chi connectivity index (χ3n) is 4.38. The number of nitrogens with zero attached hydrogens (tertiary/aromatic N) is 1. The molecule has 9 heteroatoms. The molecule has 2 heterocycles. The summed E-state index contributed by atoms with van der Waals surface area (Å²) in [5.41, 5.74) is 0.383. The molecule has 0 bridgehead atoms. The van der Waals surface area contributed by atoms with Gasteiger partial charge in [-0.1, -0.05) is 0 Å². The monoisotopic (exact) mass is 373 g/mol. The lowest BCUT2D eigenvalue weighted by atomic mass is 10.1. The molecule has 1 fully saturated rings. The Morgan fingerprint density at radius 2 is 1.96 bits per heavy atom. The predicted octanol–water partition coefficient (Wildman–Crippen LogP) is 0.612. The number of hydrogen-bond donors (Lipinski definition) is 2. The number of fused-ring (bicyclic) bond motifs is 1. The Hall–Kier alpha value is -1.48. The van der Waals surface area contributed by atoms with Crippen LogP contribution in [0.4, 0.5) is 0 Å². The summed E-state index contributed by atoms with van der Waals surface area (Å²) in [5, 5.41) is 3.24. The Morgan fingerprint density at radius 1 is 1.25 bits per heavy atom. The largest absolute Gasteiger partial charge is 0.316 e. The van der Waals surface area contributed by atoms with Gasteiger partial charge in [-0.05, 0) is 50.0 Å². The second kappa shape index (κ2) is 7.18. The summed E-state index contributed by atoms with van der Waals surface area (Å²) in [6.07, 6.45) is 1.83. The number of rotatable bonds is 5. The number of sulfonamides is 1. The van der Waals surface area contributed by atoms with Crippen molar-refractivity contribution < 1.29 is 18.0 Å². The van der Waals surface area contributed by atoms with Crippen molar-refractivity contribution in [2.45, 2.75) is 17.7 Å². The van der Waals surface area contributed by atoms with Crippen LogP contribution in [-0.2, 0) is 10.0 Å². The smallest absolute Gasteiger partial charge is 0.261 e. The van der Waals surface area contributed by atoms with Crippen molar-refractivity contribution in [2.75, 3.05) is 26.7 Å². The molecule has 0 radical (unpaired) electrons. The van der Waals surface area contributed by atoms with Crippen LogP contribution in [0.1, 0.15) is 33.6 Å². The summed E-state index contributed by atoms with van der Waals surface area (Å²) >= 11 is 0. The summed E-state index contributed by atoms with van der Waals surface area (Å²) in [6.45, 7) is 2.26. The topological polar surface area (TPSA) is 95.6 Å². The van der Waals surface area contributed by atoms with Crippen molar-refractivity contribution in [1.82, 2.24) is 14.9 Å². The SMILES string of the molecule is CN1C(=O)c2ccc(S(=O)(=O)NCCC3CCNC3)cc2C1=O.Cl. The summed E-state index contributed by atoms with van der Waals surface area (Å²) < 4.78 is 27.2. The highest BCUT2D eigenvalue weighted by atomic mass is 35.5. The van der Waals surface area contributed by atoms with Crippen LogP contribution in [0.5, 0.6) is 0 Å². The number of hydrogen-bond acceptors (Lipinski definition) is 5. The van der Waals surface area contributed by atoms with Crippen molar-refractivity contribution in [2.24, 2.45) is 5.92 Å². The molecule has 0 spiro atoms. The molecule has 1 saturated heterocycles. The molecule has 7 nitrogen and oxygen atoms in total. The van der Waals surface area contributed by atoms with Crippen molar-refractivity contribution in [3.63, 3.8) is 0 Å². The van der Waals surface area contributed by atoms with E-state index in [2.05, 4.69) is 10.0 Å². The maximum Gasteiger partial charge on any atom is 0.261 e. The number of imide groups is 1. The van der Waals surface area contributed by atoms with Gasteiger partial charge >= 0.3 is 0 Å². The van der Waals surface area contributed by atoms with E-state index < -0.39 is 21.8 Å². The minimum Gasteiger partial charge on any atom is -0.316 e. The number of benzene rings is 1. The van der Waals surface area contributed by atoms with Gasteiger partial charge in [0.2, 0.25) is 10.0 Å². The van der Waals surface area contributed by atoms with Crippen LogP contribution in [0.15, 0.2) is 23.1 Å². The molecule has 1 aromatic rings. The number of amides is 2. The first-order valence-corrected chi connectivity index (χ1v) is 9.05. The fourth-order valence-corrected chi connectivity index (χ4v) is 4.02. The van der Waals surface area contributed by atoms with Crippen LogP contribution < -0.4 is 10.0 Å². The maximum atomic E-state index is 12.3. The molecular weight excluding hydrogens is 354 g/mol. The quantitative estimate of drug-likeness (QED) is 0.737. The van der Waals surface area contributed by atoms with E-state index in [0.29, 0.717) is 12.5 Å². The average Bonchev–Trinajstić information content (AvgIpc) is 3.11. The maximum absolute atomic E-state index is 12.3. The molecule has 1 unspecified atom stereocenters. The second-order valence-electron chi connectivity index (χ2n) is 5.92. The molecule has 2 aliphatic rings. The van der Waals surface area contributed by atoms with E-state index in [9.17, 15) is 18.0 Å². The van der Waals surface area contributed by atoms with Gasteiger partial charge in [0.15, 0.2) is 0 Å². The van der Waals surface area contributed by atoms with Gasteiger partial charge in [0.05, 0.1) is 16.0 Å². The van der Waals surface area contributed by atoms with Crippen molar-refractivity contribution in [1.29, 1.82) is 0 Å². The summed E-state index contributed by atoms with van der Waals surface area (Å²) in [4.78, 5) is 24.8. The van der Waals surface area contributed by atoms with E-state index in [1.807, 2.05) is 0 Å². The molecule has 1 aromatic carbocycles. The van der Waals surface area contributed by atoms with Crippen molar-refractivity contribution >= 4 is 34.2 Å². The highest BCUT2D eigenvalue weighted by Crippen LogP contribution is 2.24. The molecule has 2 amide bonds. The molecule has 0 aromatic heterocycles. The third kappa shape index (κ3) is 3.46. The lowest BCUT2D eigenvalue weighted by Gasteiger charge is -2.10. The predicted molar refractivity (Wildman–Crippen MR) is 90.9 cm³/mol. The van der Waals surface area contributed by atoms with Crippen LogP contribution in [0.2, 0.25) is 0 Å². The average molecular weight is 374 g/mol. The third-order valence-corrected chi connectivity index (χ3v) is 5.84. The van der Waals surface area contributed by atoms with E-state index in [1.54, 1.807) is 0 Å². The molecule has 2 N–H and O–H groups in total. The van der Waals surface area contributed by atoms with Crippen LogP contribution >= 0.6 is 12.4 Å². The Balaban J connectivity index is 0.00000208. The summed E-state index contributed by atoms with van der Waals surface area (Å²) in [7, 11) is -2.30. The van der Waals surface area contributed by atoms with E-state index in [4.69, 9.17) is 0 Å². The zero-order valence-corrected chi connectivity index (χ0v) is 14.9. The molecule has 0 saturated carbocycles. The van der Waals surface area contributed by atoms with E-state index in [1.165, 1.54) is 25.2 Å². The van der Waals surface area contributed by atoms with Crippen molar-refractivity contribution in [3.05, 3.63) is 29.3 Å².